The second-order valence-electron chi connectivity index (χ2n) is 5.93. The summed E-state index contributed by atoms with van der Waals surface area (Å²) in [6.45, 7) is 5.40. The van der Waals surface area contributed by atoms with Crippen LogP contribution < -0.4 is 5.32 Å². The molecule has 1 N–H and O–H groups in total. The van der Waals surface area contributed by atoms with E-state index in [1.165, 1.54) is 37.9 Å². The van der Waals surface area contributed by atoms with Crippen molar-refractivity contribution in [1.29, 1.82) is 0 Å². The van der Waals surface area contributed by atoms with Crippen molar-refractivity contribution in [2.75, 3.05) is 33.4 Å². The quantitative estimate of drug-likeness (QED) is 0.865. The topological polar surface area (TPSA) is 24.5 Å². The van der Waals surface area contributed by atoms with Crippen molar-refractivity contribution in [3.05, 3.63) is 22.4 Å². The number of piperidine rings is 1. The number of rotatable bonds is 6. The molecule has 0 aromatic carbocycles. The summed E-state index contributed by atoms with van der Waals surface area (Å²) in [5, 5.41) is 7.94. The molecule has 1 unspecified atom stereocenters. The molecule has 1 saturated heterocycles. The SMILES string of the molecule is COCCN(Cc1ccsc1)C1CC12CCNCC2. The lowest BCUT2D eigenvalue weighted by Crippen LogP contribution is -2.37. The van der Waals surface area contributed by atoms with Gasteiger partial charge in [-0.3, -0.25) is 4.90 Å². The van der Waals surface area contributed by atoms with Gasteiger partial charge >= 0.3 is 0 Å². The summed E-state index contributed by atoms with van der Waals surface area (Å²) in [5.41, 5.74) is 2.08. The molecule has 1 aliphatic heterocycles. The van der Waals surface area contributed by atoms with Gasteiger partial charge in [0.2, 0.25) is 0 Å². The Balaban J connectivity index is 1.62. The van der Waals surface area contributed by atoms with Crippen LogP contribution in [0, 0.1) is 5.41 Å². The molecule has 1 aromatic rings. The molecular formula is C15H24N2OS. The fourth-order valence-corrected chi connectivity index (χ4v) is 4.14. The largest absolute Gasteiger partial charge is 0.383 e. The molecule has 2 aliphatic rings. The van der Waals surface area contributed by atoms with Crippen LogP contribution >= 0.6 is 11.3 Å². The first-order valence-electron chi connectivity index (χ1n) is 7.29. The van der Waals surface area contributed by atoms with Crippen molar-refractivity contribution in [1.82, 2.24) is 10.2 Å². The third kappa shape index (κ3) is 3.02. The normalized spacial score (nSPS) is 25.1. The maximum Gasteiger partial charge on any atom is 0.0589 e. The second-order valence-corrected chi connectivity index (χ2v) is 6.71. The molecule has 4 heteroatoms. The summed E-state index contributed by atoms with van der Waals surface area (Å²) in [5.74, 6) is 0. The minimum absolute atomic E-state index is 0.620. The Kier molecular flexibility index (Phi) is 4.22. The van der Waals surface area contributed by atoms with E-state index in [0.29, 0.717) is 5.41 Å². The molecule has 2 heterocycles. The van der Waals surface area contributed by atoms with Gasteiger partial charge in [-0.05, 0) is 60.2 Å². The van der Waals surface area contributed by atoms with Crippen molar-refractivity contribution >= 4 is 11.3 Å². The van der Waals surface area contributed by atoms with Crippen molar-refractivity contribution in [3.8, 4) is 0 Å². The highest BCUT2D eigenvalue weighted by molar-refractivity contribution is 7.07. The summed E-state index contributed by atoms with van der Waals surface area (Å²) < 4.78 is 5.29. The number of nitrogens with zero attached hydrogens (tertiary/aromatic N) is 1. The van der Waals surface area contributed by atoms with Crippen LogP contribution in [0.25, 0.3) is 0 Å². The Morgan fingerprint density at radius 1 is 1.47 bits per heavy atom. The van der Waals surface area contributed by atoms with Crippen molar-refractivity contribution in [2.45, 2.75) is 31.8 Å². The van der Waals surface area contributed by atoms with Crippen LogP contribution in [0.2, 0.25) is 0 Å². The monoisotopic (exact) mass is 280 g/mol. The molecule has 1 aliphatic carbocycles. The molecule has 2 fully saturated rings. The lowest BCUT2D eigenvalue weighted by Gasteiger charge is -2.29. The van der Waals surface area contributed by atoms with Gasteiger partial charge in [-0.25, -0.2) is 0 Å². The number of nitrogens with one attached hydrogen (secondary N) is 1. The molecule has 0 bridgehead atoms. The van der Waals surface area contributed by atoms with Crippen molar-refractivity contribution < 1.29 is 4.74 Å². The molecule has 3 rings (SSSR count). The number of methoxy groups -OCH3 is 1. The third-order valence-corrected chi connectivity index (χ3v) is 5.47. The van der Waals surface area contributed by atoms with Crippen LogP contribution in [-0.4, -0.2) is 44.3 Å². The van der Waals surface area contributed by atoms with Crippen LogP contribution in [0.15, 0.2) is 16.8 Å². The van der Waals surface area contributed by atoms with Crippen LogP contribution in [0.1, 0.15) is 24.8 Å². The van der Waals surface area contributed by atoms with Crippen LogP contribution in [0.4, 0.5) is 0 Å². The second kappa shape index (κ2) is 5.92. The van der Waals surface area contributed by atoms with E-state index in [-0.39, 0.29) is 0 Å². The number of hydrogen-bond donors (Lipinski definition) is 1. The maximum absolute atomic E-state index is 5.29. The standard InChI is InChI=1S/C15H24N2OS/c1-18-8-7-17(11-13-2-9-19-12-13)14-10-15(14)3-5-16-6-4-15/h2,9,12,14,16H,3-8,10-11H2,1H3. The van der Waals surface area contributed by atoms with Gasteiger partial charge in [-0.2, -0.15) is 11.3 Å². The molecule has 1 atom stereocenters. The van der Waals surface area contributed by atoms with Gasteiger partial charge in [0.1, 0.15) is 0 Å². The number of thiophene rings is 1. The van der Waals surface area contributed by atoms with E-state index in [1.807, 2.05) is 0 Å². The first kappa shape index (κ1) is 13.6. The van der Waals surface area contributed by atoms with E-state index in [0.717, 1.165) is 25.7 Å². The Labute approximate surface area is 119 Å². The Morgan fingerprint density at radius 3 is 3.00 bits per heavy atom. The van der Waals surface area contributed by atoms with Crippen molar-refractivity contribution in [3.63, 3.8) is 0 Å². The van der Waals surface area contributed by atoms with Gasteiger partial charge in [-0.1, -0.05) is 0 Å². The summed E-state index contributed by atoms with van der Waals surface area (Å²) in [6, 6.07) is 3.03. The highest BCUT2D eigenvalue weighted by Crippen LogP contribution is 2.55. The average molecular weight is 280 g/mol. The molecule has 3 nitrogen and oxygen atoms in total. The molecular weight excluding hydrogens is 256 g/mol. The van der Waals surface area contributed by atoms with Gasteiger partial charge in [0, 0.05) is 26.2 Å². The first-order valence-corrected chi connectivity index (χ1v) is 8.23. The van der Waals surface area contributed by atoms with E-state index in [1.54, 1.807) is 18.4 Å². The summed E-state index contributed by atoms with van der Waals surface area (Å²) in [6.07, 6.45) is 4.10. The minimum atomic E-state index is 0.620. The fourth-order valence-electron chi connectivity index (χ4n) is 3.48. The highest BCUT2D eigenvalue weighted by atomic mass is 32.1. The van der Waals surface area contributed by atoms with E-state index >= 15 is 0 Å². The number of hydrogen-bond acceptors (Lipinski definition) is 4. The molecule has 1 spiro atoms. The zero-order valence-electron chi connectivity index (χ0n) is 11.7. The van der Waals surface area contributed by atoms with E-state index in [9.17, 15) is 0 Å². The third-order valence-electron chi connectivity index (χ3n) is 4.74. The van der Waals surface area contributed by atoms with Crippen LogP contribution in [0.3, 0.4) is 0 Å². The summed E-state index contributed by atoms with van der Waals surface area (Å²) in [7, 11) is 1.80. The van der Waals surface area contributed by atoms with E-state index in [4.69, 9.17) is 4.74 Å². The first-order chi connectivity index (χ1) is 9.34. The molecule has 106 valence electrons. The van der Waals surface area contributed by atoms with Gasteiger partial charge < -0.3 is 10.1 Å². The van der Waals surface area contributed by atoms with Gasteiger partial charge in [0.05, 0.1) is 6.61 Å². The van der Waals surface area contributed by atoms with Gasteiger partial charge in [-0.15, -0.1) is 0 Å². The highest BCUT2D eigenvalue weighted by Gasteiger charge is 2.56. The molecule has 1 aromatic heterocycles. The Hall–Kier alpha value is -0.420. The van der Waals surface area contributed by atoms with E-state index < -0.39 is 0 Å². The maximum atomic E-state index is 5.29. The predicted molar refractivity (Wildman–Crippen MR) is 79.5 cm³/mol. The lowest BCUT2D eigenvalue weighted by molar-refractivity contribution is 0.123. The zero-order chi connectivity index (χ0) is 13.1. The van der Waals surface area contributed by atoms with Crippen LogP contribution in [0.5, 0.6) is 0 Å². The van der Waals surface area contributed by atoms with Gasteiger partial charge in [0.25, 0.3) is 0 Å². The van der Waals surface area contributed by atoms with E-state index in [2.05, 4.69) is 27.0 Å². The summed E-state index contributed by atoms with van der Waals surface area (Å²) in [4.78, 5) is 2.65. The minimum Gasteiger partial charge on any atom is -0.383 e. The van der Waals surface area contributed by atoms with Gasteiger partial charge in [0.15, 0.2) is 0 Å². The Morgan fingerprint density at radius 2 is 2.32 bits per heavy atom. The zero-order valence-corrected chi connectivity index (χ0v) is 12.5. The molecule has 0 amide bonds. The molecule has 0 radical (unpaired) electrons. The van der Waals surface area contributed by atoms with Crippen molar-refractivity contribution in [2.24, 2.45) is 5.41 Å². The summed E-state index contributed by atoms with van der Waals surface area (Å²) >= 11 is 1.80. The lowest BCUT2D eigenvalue weighted by atomic mass is 9.93. The smallest absolute Gasteiger partial charge is 0.0589 e. The molecule has 1 saturated carbocycles. The average Bonchev–Trinajstić information content (AvgIpc) is 2.89. The fraction of sp³-hybridized carbons (Fsp3) is 0.733. The Bertz CT molecular complexity index is 387. The van der Waals surface area contributed by atoms with Crippen LogP contribution in [-0.2, 0) is 11.3 Å². The molecule has 19 heavy (non-hydrogen) atoms. The predicted octanol–water partition coefficient (Wildman–Crippen LogP) is 2.34. The number of ether oxygens (including phenoxy) is 1.